The zero-order valence-electron chi connectivity index (χ0n) is 5.40. The van der Waals surface area contributed by atoms with Gasteiger partial charge in [-0.25, -0.2) is 9.97 Å². The summed E-state index contributed by atoms with van der Waals surface area (Å²) in [6.07, 6.45) is 1.54. The van der Waals surface area contributed by atoms with Crippen molar-refractivity contribution in [3.05, 3.63) is 17.4 Å². The molecule has 0 unspecified atom stereocenters. The van der Waals surface area contributed by atoms with E-state index in [-0.39, 0.29) is 0 Å². The minimum absolute atomic E-state index is 0.803. The molecule has 0 saturated heterocycles. The number of rotatable bonds is 0. The Morgan fingerprint density at radius 2 is 2.30 bits per heavy atom. The molecule has 2 rings (SSSR count). The Bertz CT molecular complexity index is 355. The molecule has 2 aromatic heterocycles. The first-order chi connectivity index (χ1) is 4.88. The topological polar surface area (TPSA) is 38.7 Å². The van der Waals surface area contributed by atoms with Crippen molar-refractivity contribution in [3.63, 3.8) is 0 Å². The number of hydrogen-bond donors (Lipinski definition) is 0. The Kier molecular flexibility index (Phi) is 1.14. The van der Waals surface area contributed by atoms with Crippen LogP contribution in [0, 0.1) is 6.92 Å². The van der Waals surface area contributed by atoms with Gasteiger partial charge in [-0.1, -0.05) is 0 Å². The predicted molar refractivity (Wildman–Crippen MR) is 39.9 cm³/mol. The monoisotopic (exact) mass is 151 g/mol. The first-order valence-corrected chi connectivity index (χ1v) is 3.73. The number of aryl methyl sites for hydroxylation is 1. The smallest absolute Gasteiger partial charge is 0.176 e. The molecule has 0 N–H and O–H groups in total. The van der Waals surface area contributed by atoms with Gasteiger partial charge in [0.25, 0.3) is 0 Å². The van der Waals surface area contributed by atoms with Gasteiger partial charge in [-0.15, -0.1) is 0 Å². The summed E-state index contributed by atoms with van der Waals surface area (Å²) < 4.78 is 4.07. The van der Waals surface area contributed by atoms with Crippen molar-refractivity contribution in [3.8, 4) is 0 Å². The van der Waals surface area contributed by atoms with E-state index < -0.39 is 0 Å². The van der Waals surface area contributed by atoms with Crippen LogP contribution in [-0.4, -0.2) is 14.3 Å². The molecule has 2 heterocycles. The highest BCUT2D eigenvalue weighted by molar-refractivity contribution is 7.04. The standard InChI is InChI=1S/C6H5N3S/c1-4-5-2-10-9-6(5)8-3-7-4/h2-3H,1H3. The van der Waals surface area contributed by atoms with E-state index in [1.54, 1.807) is 0 Å². The maximum Gasteiger partial charge on any atom is 0.176 e. The van der Waals surface area contributed by atoms with Crippen LogP contribution in [0.4, 0.5) is 0 Å². The highest BCUT2D eigenvalue weighted by Gasteiger charge is 1.98. The fourth-order valence-corrected chi connectivity index (χ4v) is 1.49. The van der Waals surface area contributed by atoms with E-state index in [2.05, 4.69) is 14.3 Å². The summed E-state index contributed by atoms with van der Waals surface area (Å²) in [6.45, 7) is 1.96. The molecule has 0 amide bonds. The van der Waals surface area contributed by atoms with Crippen LogP contribution in [0.15, 0.2) is 11.7 Å². The number of nitrogens with zero attached hydrogens (tertiary/aromatic N) is 3. The van der Waals surface area contributed by atoms with Crippen molar-refractivity contribution in [2.75, 3.05) is 0 Å². The van der Waals surface area contributed by atoms with E-state index in [9.17, 15) is 0 Å². The number of aromatic nitrogens is 3. The van der Waals surface area contributed by atoms with Gasteiger partial charge in [0.1, 0.15) is 6.33 Å². The molecular formula is C6H5N3S. The third-order valence-electron chi connectivity index (χ3n) is 1.37. The zero-order chi connectivity index (χ0) is 6.97. The van der Waals surface area contributed by atoms with Crippen LogP contribution >= 0.6 is 11.5 Å². The zero-order valence-corrected chi connectivity index (χ0v) is 6.22. The van der Waals surface area contributed by atoms with Crippen molar-refractivity contribution < 1.29 is 0 Å². The third-order valence-corrected chi connectivity index (χ3v) is 1.99. The summed E-state index contributed by atoms with van der Waals surface area (Å²) >= 11 is 1.41. The molecule has 0 atom stereocenters. The Hall–Kier alpha value is -1.03. The first kappa shape index (κ1) is 5.73. The van der Waals surface area contributed by atoms with Crippen LogP contribution in [0.5, 0.6) is 0 Å². The second-order valence-electron chi connectivity index (χ2n) is 2.01. The van der Waals surface area contributed by atoms with Gasteiger partial charge in [0.15, 0.2) is 5.65 Å². The molecule has 0 spiro atoms. The van der Waals surface area contributed by atoms with E-state index in [0.717, 1.165) is 16.7 Å². The van der Waals surface area contributed by atoms with E-state index in [1.165, 1.54) is 17.9 Å². The molecule has 50 valence electrons. The molecule has 0 aliphatic heterocycles. The van der Waals surface area contributed by atoms with Gasteiger partial charge in [0, 0.05) is 5.38 Å². The second kappa shape index (κ2) is 1.98. The van der Waals surface area contributed by atoms with Crippen molar-refractivity contribution in [1.29, 1.82) is 0 Å². The SMILES string of the molecule is Cc1ncnc2nscc12. The van der Waals surface area contributed by atoms with Crippen LogP contribution in [0.1, 0.15) is 5.69 Å². The normalized spacial score (nSPS) is 10.5. The van der Waals surface area contributed by atoms with Gasteiger partial charge in [0.2, 0.25) is 0 Å². The lowest BCUT2D eigenvalue weighted by Crippen LogP contribution is -1.83. The summed E-state index contributed by atoms with van der Waals surface area (Å²) in [5, 5.41) is 3.03. The maximum atomic E-state index is 4.07. The maximum absolute atomic E-state index is 4.07. The summed E-state index contributed by atoms with van der Waals surface area (Å²) in [4.78, 5) is 8.03. The fourth-order valence-electron chi connectivity index (χ4n) is 0.811. The average molecular weight is 151 g/mol. The highest BCUT2D eigenvalue weighted by Crippen LogP contribution is 2.13. The Labute approximate surface area is 61.9 Å². The van der Waals surface area contributed by atoms with Gasteiger partial charge in [-0.2, -0.15) is 4.37 Å². The molecule has 3 nitrogen and oxygen atoms in total. The lowest BCUT2D eigenvalue weighted by atomic mass is 10.3. The minimum atomic E-state index is 0.803. The van der Waals surface area contributed by atoms with Crippen LogP contribution in [0.25, 0.3) is 11.0 Å². The first-order valence-electron chi connectivity index (χ1n) is 2.89. The summed E-state index contributed by atoms with van der Waals surface area (Å²) in [5.74, 6) is 0. The van der Waals surface area contributed by atoms with E-state index in [1.807, 2.05) is 12.3 Å². The Morgan fingerprint density at radius 1 is 1.40 bits per heavy atom. The molecule has 0 aliphatic rings. The molecule has 0 aliphatic carbocycles. The summed E-state index contributed by atoms with van der Waals surface area (Å²) in [5.41, 5.74) is 1.80. The lowest BCUT2D eigenvalue weighted by molar-refractivity contribution is 1.14. The number of hydrogen-bond acceptors (Lipinski definition) is 4. The van der Waals surface area contributed by atoms with Gasteiger partial charge in [-0.3, -0.25) is 0 Å². The quantitative estimate of drug-likeness (QED) is 0.571. The van der Waals surface area contributed by atoms with Crippen LogP contribution in [0.2, 0.25) is 0 Å². The largest absolute Gasteiger partial charge is 0.241 e. The molecular weight excluding hydrogens is 146 g/mol. The average Bonchev–Trinajstić information content (AvgIpc) is 2.36. The predicted octanol–water partition coefficient (Wildman–Crippen LogP) is 1.39. The van der Waals surface area contributed by atoms with E-state index in [0.29, 0.717) is 0 Å². The Balaban J connectivity index is 2.95. The molecule has 0 bridgehead atoms. The van der Waals surface area contributed by atoms with E-state index >= 15 is 0 Å². The van der Waals surface area contributed by atoms with Crippen molar-refractivity contribution in [2.45, 2.75) is 6.92 Å². The molecule has 0 radical (unpaired) electrons. The summed E-state index contributed by atoms with van der Waals surface area (Å²) in [6, 6.07) is 0. The lowest BCUT2D eigenvalue weighted by Gasteiger charge is -1.88. The van der Waals surface area contributed by atoms with Gasteiger partial charge < -0.3 is 0 Å². The van der Waals surface area contributed by atoms with Crippen molar-refractivity contribution >= 4 is 22.6 Å². The molecule has 0 fully saturated rings. The minimum Gasteiger partial charge on any atom is -0.241 e. The van der Waals surface area contributed by atoms with Gasteiger partial charge in [-0.05, 0) is 18.5 Å². The molecule has 0 aromatic carbocycles. The fraction of sp³-hybridized carbons (Fsp3) is 0.167. The molecule has 2 aromatic rings. The van der Waals surface area contributed by atoms with Crippen molar-refractivity contribution in [2.24, 2.45) is 0 Å². The number of fused-ring (bicyclic) bond motifs is 1. The van der Waals surface area contributed by atoms with Crippen molar-refractivity contribution in [1.82, 2.24) is 14.3 Å². The highest BCUT2D eigenvalue weighted by atomic mass is 32.1. The van der Waals surface area contributed by atoms with Crippen LogP contribution in [-0.2, 0) is 0 Å². The molecule has 4 heteroatoms. The molecule has 0 saturated carbocycles. The molecule has 10 heavy (non-hydrogen) atoms. The van der Waals surface area contributed by atoms with Gasteiger partial charge >= 0.3 is 0 Å². The summed E-state index contributed by atoms with van der Waals surface area (Å²) in [7, 11) is 0. The van der Waals surface area contributed by atoms with Crippen LogP contribution in [0.3, 0.4) is 0 Å². The second-order valence-corrected chi connectivity index (χ2v) is 2.64. The van der Waals surface area contributed by atoms with E-state index in [4.69, 9.17) is 0 Å². The third kappa shape index (κ3) is 0.690. The van der Waals surface area contributed by atoms with Gasteiger partial charge in [0.05, 0.1) is 11.1 Å². The van der Waals surface area contributed by atoms with Crippen LogP contribution < -0.4 is 0 Å². The Morgan fingerprint density at radius 3 is 3.10 bits per heavy atom.